The number of carbonyl (C=O) groups excluding carboxylic acids is 1. The summed E-state index contributed by atoms with van der Waals surface area (Å²) in [6.45, 7) is 0. The molecule has 0 fully saturated rings. The summed E-state index contributed by atoms with van der Waals surface area (Å²) in [4.78, 5) is 13.8. The molecule has 0 N–H and O–H groups in total. The number of carbonyl (C=O) groups is 1. The number of methoxy groups -OCH3 is 1. The molecule has 1 amide bonds. The van der Waals surface area contributed by atoms with E-state index < -0.39 is 0 Å². The van der Waals surface area contributed by atoms with Crippen LogP contribution in [0.5, 0.6) is 5.75 Å². The first-order chi connectivity index (χ1) is 9.13. The van der Waals surface area contributed by atoms with Gasteiger partial charge in [-0.05, 0) is 36.4 Å². The van der Waals surface area contributed by atoms with Gasteiger partial charge >= 0.3 is 0 Å². The highest BCUT2D eigenvalue weighted by Gasteiger charge is 2.16. The maximum absolute atomic E-state index is 12.8. The first-order valence-electron chi connectivity index (χ1n) is 5.80. The normalized spacial score (nSPS) is 10.1. The first-order valence-corrected chi connectivity index (χ1v) is 5.80. The van der Waals surface area contributed by atoms with Crippen molar-refractivity contribution < 1.29 is 13.9 Å². The standard InChI is InChI=1S/C15H14FNO2/c1-17(13-5-3-4-6-14(13)19-2)15(18)11-7-9-12(16)10-8-11/h3-10H,1-2H3. The van der Waals surface area contributed by atoms with Crippen molar-refractivity contribution in [2.24, 2.45) is 0 Å². The lowest BCUT2D eigenvalue weighted by Crippen LogP contribution is -2.26. The molecule has 19 heavy (non-hydrogen) atoms. The van der Waals surface area contributed by atoms with Gasteiger partial charge in [0.05, 0.1) is 12.8 Å². The monoisotopic (exact) mass is 259 g/mol. The van der Waals surface area contributed by atoms with Gasteiger partial charge in [-0.2, -0.15) is 0 Å². The zero-order valence-corrected chi connectivity index (χ0v) is 10.8. The van der Waals surface area contributed by atoms with Crippen LogP contribution in [-0.4, -0.2) is 20.1 Å². The third-order valence-corrected chi connectivity index (χ3v) is 2.84. The molecule has 0 unspecified atom stereocenters. The van der Waals surface area contributed by atoms with E-state index in [-0.39, 0.29) is 11.7 Å². The van der Waals surface area contributed by atoms with Gasteiger partial charge in [-0.3, -0.25) is 4.79 Å². The Kier molecular flexibility index (Phi) is 3.80. The Morgan fingerprint density at radius 2 is 1.74 bits per heavy atom. The van der Waals surface area contributed by atoms with Crippen LogP contribution in [-0.2, 0) is 0 Å². The number of rotatable bonds is 3. The van der Waals surface area contributed by atoms with Gasteiger partial charge in [0, 0.05) is 12.6 Å². The SMILES string of the molecule is COc1ccccc1N(C)C(=O)c1ccc(F)cc1. The van der Waals surface area contributed by atoms with Crippen molar-refractivity contribution >= 4 is 11.6 Å². The molecule has 0 spiro atoms. The van der Waals surface area contributed by atoms with E-state index in [1.54, 1.807) is 26.3 Å². The Morgan fingerprint density at radius 3 is 2.37 bits per heavy atom. The van der Waals surface area contributed by atoms with Crippen molar-refractivity contribution in [3.05, 3.63) is 59.9 Å². The Hall–Kier alpha value is -2.36. The van der Waals surface area contributed by atoms with Crippen molar-refractivity contribution in [3.8, 4) is 5.75 Å². The highest BCUT2D eigenvalue weighted by Crippen LogP contribution is 2.27. The molecule has 2 aromatic carbocycles. The van der Waals surface area contributed by atoms with Crippen molar-refractivity contribution in [1.29, 1.82) is 0 Å². The molecule has 0 heterocycles. The lowest BCUT2D eigenvalue weighted by molar-refractivity contribution is 0.0992. The number of benzene rings is 2. The molecule has 0 saturated heterocycles. The van der Waals surface area contributed by atoms with Crippen LogP contribution < -0.4 is 9.64 Å². The molecule has 0 aliphatic rings. The van der Waals surface area contributed by atoms with Crippen molar-refractivity contribution in [3.63, 3.8) is 0 Å². The summed E-state index contributed by atoms with van der Waals surface area (Å²) in [5.41, 5.74) is 1.09. The van der Waals surface area contributed by atoms with Crippen LogP contribution >= 0.6 is 0 Å². The highest BCUT2D eigenvalue weighted by molar-refractivity contribution is 6.06. The third-order valence-electron chi connectivity index (χ3n) is 2.84. The Balaban J connectivity index is 2.30. The van der Waals surface area contributed by atoms with Gasteiger partial charge in [-0.1, -0.05) is 12.1 Å². The van der Waals surface area contributed by atoms with Crippen LogP contribution in [0.15, 0.2) is 48.5 Å². The Labute approximate surface area is 111 Å². The number of hydrogen-bond acceptors (Lipinski definition) is 2. The molecule has 98 valence electrons. The molecule has 0 radical (unpaired) electrons. The van der Waals surface area contributed by atoms with Gasteiger partial charge in [0.15, 0.2) is 0 Å². The number of halogens is 1. The molecule has 3 nitrogen and oxygen atoms in total. The van der Waals surface area contributed by atoms with E-state index >= 15 is 0 Å². The van der Waals surface area contributed by atoms with Crippen LogP contribution in [0, 0.1) is 5.82 Å². The number of nitrogens with zero attached hydrogens (tertiary/aromatic N) is 1. The molecular weight excluding hydrogens is 245 g/mol. The van der Waals surface area contributed by atoms with Crippen molar-refractivity contribution in [1.82, 2.24) is 0 Å². The minimum absolute atomic E-state index is 0.218. The number of anilines is 1. The van der Waals surface area contributed by atoms with Crippen LogP contribution in [0.1, 0.15) is 10.4 Å². The lowest BCUT2D eigenvalue weighted by atomic mass is 10.2. The van der Waals surface area contributed by atoms with E-state index in [0.717, 1.165) is 0 Å². The van der Waals surface area contributed by atoms with E-state index in [1.165, 1.54) is 29.2 Å². The molecule has 0 saturated carbocycles. The van der Waals surface area contributed by atoms with E-state index in [1.807, 2.05) is 12.1 Å². The molecule has 0 bridgehead atoms. The zero-order chi connectivity index (χ0) is 13.8. The van der Waals surface area contributed by atoms with Gasteiger partial charge in [-0.25, -0.2) is 4.39 Å². The maximum Gasteiger partial charge on any atom is 0.258 e. The maximum atomic E-state index is 12.8. The van der Waals surface area contributed by atoms with Gasteiger partial charge in [0.1, 0.15) is 11.6 Å². The second-order valence-corrected chi connectivity index (χ2v) is 4.04. The first kappa shape index (κ1) is 13.1. The summed E-state index contributed by atoms with van der Waals surface area (Å²) < 4.78 is 18.1. The summed E-state index contributed by atoms with van der Waals surface area (Å²) in [6.07, 6.45) is 0. The highest BCUT2D eigenvalue weighted by atomic mass is 19.1. The summed E-state index contributed by atoms with van der Waals surface area (Å²) in [5.74, 6) is 0.0291. The minimum Gasteiger partial charge on any atom is -0.495 e. The molecule has 2 aromatic rings. The second-order valence-electron chi connectivity index (χ2n) is 4.04. The largest absolute Gasteiger partial charge is 0.495 e. The topological polar surface area (TPSA) is 29.5 Å². The summed E-state index contributed by atoms with van der Waals surface area (Å²) in [6, 6.07) is 12.7. The summed E-state index contributed by atoms with van der Waals surface area (Å²) in [5, 5.41) is 0. The van der Waals surface area contributed by atoms with Gasteiger partial charge < -0.3 is 9.64 Å². The quantitative estimate of drug-likeness (QED) is 0.847. The fourth-order valence-corrected chi connectivity index (χ4v) is 1.80. The molecule has 2 rings (SSSR count). The predicted octanol–water partition coefficient (Wildman–Crippen LogP) is 3.11. The van der Waals surface area contributed by atoms with Crippen LogP contribution in [0.4, 0.5) is 10.1 Å². The fourth-order valence-electron chi connectivity index (χ4n) is 1.80. The number of para-hydroxylation sites is 2. The van der Waals surface area contributed by atoms with E-state index in [0.29, 0.717) is 17.0 Å². The van der Waals surface area contributed by atoms with Crippen molar-refractivity contribution in [2.45, 2.75) is 0 Å². The van der Waals surface area contributed by atoms with E-state index in [9.17, 15) is 9.18 Å². The van der Waals surface area contributed by atoms with Crippen LogP contribution in [0.25, 0.3) is 0 Å². The molecule has 0 atom stereocenters. The number of hydrogen-bond donors (Lipinski definition) is 0. The molecule has 0 aliphatic carbocycles. The Morgan fingerprint density at radius 1 is 1.11 bits per heavy atom. The second kappa shape index (κ2) is 5.52. The molecule has 4 heteroatoms. The van der Waals surface area contributed by atoms with E-state index in [2.05, 4.69) is 0 Å². The minimum atomic E-state index is -0.364. The molecule has 0 aromatic heterocycles. The smallest absolute Gasteiger partial charge is 0.258 e. The fraction of sp³-hybridized carbons (Fsp3) is 0.133. The summed E-state index contributed by atoms with van der Waals surface area (Å²) in [7, 11) is 3.21. The average Bonchev–Trinajstić information content (AvgIpc) is 2.46. The lowest BCUT2D eigenvalue weighted by Gasteiger charge is -2.19. The van der Waals surface area contributed by atoms with Crippen LogP contribution in [0.3, 0.4) is 0 Å². The zero-order valence-electron chi connectivity index (χ0n) is 10.8. The number of amides is 1. The van der Waals surface area contributed by atoms with Crippen LogP contribution in [0.2, 0.25) is 0 Å². The molecule has 0 aliphatic heterocycles. The third kappa shape index (κ3) is 2.73. The average molecular weight is 259 g/mol. The Bertz CT molecular complexity index is 581. The van der Waals surface area contributed by atoms with Crippen molar-refractivity contribution in [2.75, 3.05) is 19.1 Å². The number of ether oxygens (including phenoxy) is 1. The summed E-state index contributed by atoms with van der Waals surface area (Å²) >= 11 is 0. The van der Waals surface area contributed by atoms with Gasteiger partial charge in [0.2, 0.25) is 0 Å². The van der Waals surface area contributed by atoms with Gasteiger partial charge in [-0.15, -0.1) is 0 Å². The molecular formula is C15H14FNO2. The predicted molar refractivity (Wildman–Crippen MR) is 72.1 cm³/mol. The van der Waals surface area contributed by atoms with Gasteiger partial charge in [0.25, 0.3) is 5.91 Å². The van der Waals surface area contributed by atoms with E-state index in [4.69, 9.17) is 4.74 Å².